The first-order chi connectivity index (χ1) is 14.7. The first kappa shape index (κ1) is 18.6. The quantitative estimate of drug-likeness (QED) is 0.502. The number of hydrogen-bond donors (Lipinski definition) is 2. The van der Waals surface area contributed by atoms with Crippen molar-refractivity contribution in [2.24, 2.45) is 0 Å². The molecule has 0 saturated carbocycles. The molecule has 0 fully saturated rings. The standard InChI is InChI=1S/C21H21N5O4/c1-28-14-4-2-13(3-5-14)20-24-21(30-25-20)19-8-17-18(23-12-22-17)10-26(19)9-15-6-7-16(11-27)29-15/h2-7,12,19,27H,8-11H2,1H3,(H,22,23)/t19-/m0/s1. The lowest BCUT2D eigenvalue weighted by molar-refractivity contribution is 0.117. The van der Waals surface area contributed by atoms with Crippen molar-refractivity contribution in [3.05, 3.63) is 71.5 Å². The van der Waals surface area contributed by atoms with E-state index in [1.54, 1.807) is 19.5 Å². The number of H-pyrrole nitrogens is 1. The Hall–Kier alpha value is -3.43. The van der Waals surface area contributed by atoms with Gasteiger partial charge >= 0.3 is 0 Å². The predicted octanol–water partition coefficient (Wildman–Crippen LogP) is 2.85. The minimum Gasteiger partial charge on any atom is -0.497 e. The van der Waals surface area contributed by atoms with Crippen LogP contribution in [0.5, 0.6) is 5.75 Å². The van der Waals surface area contributed by atoms with E-state index >= 15 is 0 Å². The molecular formula is C21H21N5O4. The maximum absolute atomic E-state index is 9.27. The number of aliphatic hydroxyl groups is 1. The van der Waals surface area contributed by atoms with Gasteiger partial charge in [-0.25, -0.2) is 4.98 Å². The second-order valence-electron chi connectivity index (χ2n) is 7.16. The highest BCUT2D eigenvalue weighted by Crippen LogP contribution is 2.33. The average molecular weight is 407 g/mol. The molecule has 0 spiro atoms. The predicted molar refractivity (Wildman–Crippen MR) is 105 cm³/mol. The van der Waals surface area contributed by atoms with Crippen LogP contribution in [0, 0.1) is 0 Å². The molecule has 30 heavy (non-hydrogen) atoms. The molecule has 9 heteroatoms. The molecule has 3 aromatic heterocycles. The lowest BCUT2D eigenvalue weighted by atomic mass is 10.0. The Morgan fingerprint density at radius 2 is 2.03 bits per heavy atom. The molecule has 0 saturated heterocycles. The van der Waals surface area contributed by atoms with E-state index in [4.69, 9.17) is 13.7 Å². The fraction of sp³-hybridized carbons (Fsp3) is 0.286. The highest BCUT2D eigenvalue weighted by molar-refractivity contribution is 5.55. The summed E-state index contributed by atoms with van der Waals surface area (Å²) in [4.78, 5) is 14.5. The second kappa shape index (κ2) is 7.77. The molecule has 0 amide bonds. The third-order valence-electron chi connectivity index (χ3n) is 5.30. The van der Waals surface area contributed by atoms with E-state index in [1.165, 1.54) is 0 Å². The molecule has 1 atom stereocenters. The number of imidazole rings is 1. The smallest absolute Gasteiger partial charge is 0.244 e. The molecule has 0 aliphatic carbocycles. The molecule has 9 nitrogen and oxygen atoms in total. The molecule has 154 valence electrons. The van der Waals surface area contributed by atoms with E-state index in [9.17, 15) is 5.11 Å². The van der Waals surface area contributed by atoms with Crippen LogP contribution in [0.15, 0.2) is 51.7 Å². The van der Waals surface area contributed by atoms with Gasteiger partial charge in [-0.15, -0.1) is 0 Å². The van der Waals surface area contributed by atoms with Gasteiger partial charge in [-0.3, -0.25) is 4.90 Å². The largest absolute Gasteiger partial charge is 0.497 e. The maximum atomic E-state index is 9.27. The number of benzene rings is 1. The van der Waals surface area contributed by atoms with Gasteiger partial charge in [-0.2, -0.15) is 4.98 Å². The van der Waals surface area contributed by atoms with Crippen LogP contribution < -0.4 is 4.74 Å². The number of nitrogens with one attached hydrogen (secondary N) is 1. The van der Waals surface area contributed by atoms with Crippen LogP contribution in [0.4, 0.5) is 0 Å². The van der Waals surface area contributed by atoms with Crippen molar-refractivity contribution in [2.75, 3.05) is 7.11 Å². The Balaban J connectivity index is 1.43. The summed E-state index contributed by atoms with van der Waals surface area (Å²) < 4.78 is 16.6. The summed E-state index contributed by atoms with van der Waals surface area (Å²) >= 11 is 0. The molecule has 4 heterocycles. The Labute approximate surface area is 172 Å². The van der Waals surface area contributed by atoms with E-state index in [-0.39, 0.29) is 12.6 Å². The third kappa shape index (κ3) is 3.49. The molecular weight excluding hydrogens is 386 g/mol. The van der Waals surface area contributed by atoms with Crippen LogP contribution in [-0.4, -0.2) is 37.2 Å². The van der Waals surface area contributed by atoms with Gasteiger partial charge in [0.25, 0.3) is 0 Å². The van der Waals surface area contributed by atoms with Gasteiger partial charge in [0.15, 0.2) is 0 Å². The van der Waals surface area contributed by atoms with Crippen molar-refractivity contribution >= 4 is 0 Å². The van der Waals surface area contributed by atoms with Gasteiger partial charge < -0.3 is 23.8 Å². The number of rotatable bonds is 6. The topological polar surface area (TPSA) is 113 Å². The number of furan rings is 1. The highest BCUT2D eigenvalue weighted by Gasteiger charge is 2.33. The summed E-state index contributed by atoms with van der Waals surface area (Å²) in [5, 5.41) is 13.5. The third-order valence-corrected chi connectivity index (χ3v) is 5.30. The molecule has 0 radical (unpaired) electrons. The van der Waals surface area contributed by atoms with Crippen LogP contribution in [0.3, 0.4) is 0 Å². The van der Waals surface area contributed by atoms with Crippen molar-refractivity contribution in [1.82, 2.24) is 25.0 Å². The number of hydrogen-bond acceptors (Lipinski definition) is 8. The van der Waals surface area contributed by atoms with E-state index in [0.29, 0.717) is 37.0 Å². The summed E-state index contributed by atoms with van der Waals surface area (Å²) in [7, 11) is 1.63. The highest BCUT2D eigenvalue weighted by atomic mass is 16.5. The Bertz CT molecular complexity index is 1130. The van der Waals surface area contributed by atoms with Gasteiger partial charge in [-0.1, -0.05) is 5.16 Å². The summed E-state index contributed by atoms with van der Waals surface area (Å²) in [6, 6.07) is 11.1. The normalized spacial score (nSPS) is 16.5. The number of nitrogens with zero attached hydrogens (tertiary/aromatic N) is 4. The molecule has 0 unspecified atom stereocenters. The molecule has 1 aliphatic rings. The lowest BCUT2D eigenvalue weighted by Gasteiger charge is -2.31. The monoisotopic (exact) mass is 407 g/mol. The minimum atomic E-state index is -0.136. The Kier molecular flexibility index (Phi) is 4.82. The lowest BCUT2D eigenvalue weighted by Crippen LogP contribution is -2.34. The molecule has 5 rings (SSSR count). The van der Waals surface area contributed by atoms with Gasteiger partial charge in [0, 0.05) is 18.5 Å². The van der Waals surface area contributed by atoms with Crippen molar-refractivity contribution in [1.29, 1.82) is 0 Å². The first-order valence-electron chi connectivity index (χ1n) is 9.65. The maximum Gasteiger partial charge on any atom is 0.244 e. The number of methoxy groups -OCH3 is 1. The van der Waals surface area contributed by atoms with Crippen molar-refractivity contribution < 1.29 is 18.8 Å². The van der Waals surface area contributed by atoms with E-state index in [0.717, 1.165) is 28.5 Å². The van der Waals surface area contributed by atoms with Crippen LogP contribution in [-0.2, 0) is 26.1 Å². The number of aliphatic hydroxyl groups excluding tert-OH is 1. The zero-order valence-electron chi connectivity index (χ0n) is 16.4. The Morgan fingerprint density at radius 3 is 2.80 bits per heavy atom. The molecule has 0 bridgehead atoms. The minimum absolute atomic E-state index is 0.122. The van der Waals surface area contributed by atoms with E-state index in [2.05, 4.69) is 25.0 Å². The summed E-state index contributed by atoms with van der Waals surface area (Å²) in [5.41, 5.74) is 2.92. The van der Waals surface area contributed by atoms with Gasteiger partial charge in [0.1, 0.15) is 23.9 Å². The van der Waals surface area contributed by atoms with Gasteiger partial charge in [-0.05, 0) is 36.4 Å². The SMILES string of the molecule is COc1ccc(-c2noc([C@@H]3Cc4nc[nH]c4CN3Cc3ccc(CO)o3)n2)cc1. The first-order valence-corrected chi connectivity index (χ1v) is 9.65. The molecule has 1 aliphatic heterocycles. The fourth-order valence-corrected chi connectivity index (χ4v) is 3.72. The number of aromatic amines is 1. The van der Waals surface area contributed by atoms with Crippen molar-refractivity contribution in [3.63, 3.8) is 0 Å². The number of aromatic nitrogens is 4. The second-order valence-corrected chi connectivity index (χ2v) is 7.16. The molecule has 4 aromatic rings. The molecule has 2 N–H and O–H groups in total. The summed E-state index contributed by atoms with van der Waals surface area (Å²) in [6.07, 6.45) is 2.36. The zero-order valence-corrected chi connectivity index (χ0v) is 16.4. The summed E-state index contributed by atoms with van der Waals surface area (Å²) in [6.45, 7) is 1.07. The van der Waals surface area contributed by atoms with E-state index < -0.39 is 0 Å². The van der Waals surface area contributed by atoms with Gasteiger partial charge in [0.2, 0.25) is 11.7 Å². The van der Waals surface area contributed by atoms with Crippen LogP contribution in [0.25, 0.3) is 11.4 Å². The average Bonchev–Trinajstić information content (AvgIpc) is 3.53. The fourth-order valence-electron chi connectivity index (χ4n) is 3.72. The van der Waals surface area contributed by atoms with Gasteiger partial charge in [0.05, 0.1) is 37.4 Å². The van der Waals surface area contributed by atoms with E-state index in [1.807, 2.05) is 30.3 Å². The van der Waals surface area contributed by atoms with Crippen LogP contribution in [0.2, 0.25) is 0 Å². The van der Waals surface area contributed by atoms with Crippen molar-refractivity contribution in [2.45, 2.75) is 32.2 Å². The van der Waals surface area contributed by atoms with Crippen molar-refractivity contribution in [3.8, 4) is 17.1 Å². The van der Waals surface area contributed by atoms with Crippen LogP contribution >= 0.6 is 0 Å². The zero-order chi connectivity index (χ0) is 20.5. The van der Waals surface area contributed by atoms with Crippen LogP contribution in [0.1, 0.15) is 34.8 Å². The Morgan fingerprint density at radius 1 is 1.20 bits per heavy atom. The molecule has 1 aromatic carbocycles. The summed E-state index contributed by atoms with van der Waals surface area (Å²) in [5.74, 6) is 3.14. The number of ether oxygens (including phenoxy) is 1. The number of fused-ring (bicyclic) bond motifs is 1.